The van der Waals surface area contributed by atoms with Gasteiger partial charge in [-0.05, 0) is 43.7 Å². The van der Waals surface area contributed by atoms with Crippen LogP contribution in [0.1, 0.15) is 31.2 Å². The van der Waals surface area contributed by atoms with Crippen molar-refractivity contribution >= 4 is 17.8 Å². The average Bonchev–Trinajstić information content (AvgIpc) is 3.39. The molecule has 146 valence electrons. The molecule has 0 unspecified atom stereocenters. The number of fused-ring (bicyclic) bond motifs is 1. The van der Waals surface area contributed by atoms with E-state index in [9.17, 15) is 14.4 Å². The highest BCUT2D eigenvalue weighted by molar-refractivity contribution is 6.09. The van der Waals surface area contributed by atoms with Gasteiger partial charge in [-0.25, -0.2) is 4.79 Å². The summed E-state index contributed by atoms with van der Waals surface area (Å²) in [6.45, 7) is 3.05. The van der Waals surface area contributed by atoms with Crippen LogP contribution in [0.15, 0.2) is 41.0 Å². The van der Waals surface area contributed by atoms with E-state index >= 15 is 0 Å². The number of hydrogen-bond donors (Lipinski definition) is 2. The molecule has 0 bridgehead atoms. The summed E-state index contributed by atoms with van der Waals surface area (Å²) in [6.07, 6.45) is 1.51. The van der Waals surface area contributed by atoms with E-state index in [1.165, 1.54) is 6.26 Å². The van der Waals surface area contributed by atoms with Crippen LogP contribution in [-0.4, -0.2) is 36.1 Å². The summed E-state index contributed by atoms with van der Waals surface area (Å²) < 4.78 is 15.9. The number of furan rings is 1. The van der Waals surface area contributed by atoms with E-state index in [-0.39, 0.29) is 12.8 Å². The molecule has 2 N–H and O–H groups in total. The lowest BCUT2D eigenvalue weighted by molar-refractivity contribution is -0.135. The third-order valence-electron chi connectivity index (χ3n) is 4.87. The lowest BCUT2D eigenvalue weighted by Crippen LogP contribution is -2.43. The fraction of sp³-hybridized carbons (Fsp3) is 0.316. The number of nitrogens with zero attached hydrogens (tertiary/aromatic N) is 1. The summed E-state index contributed by atoms with van der Waals surface area (Å²) in [5.74, 6) is 0.673. The van der Waals surface area contributed by atoms with Crippen LogP contribution in [0.4, 0.5) is 4.79 Å². The van der Waals surface area contributed by atoms with Gasteiger partial charge in [0.05, 0.1) is 12.3 Å². The van der Waals surface area contributed by atoms with E-state index in [1.807, 2.05) is 0 Å². The molecule has 1 saturated heterocycles. The fourth-order valence-corrected chi connectivity index (χ4v) is 3.28. The van der Waals surface area contributed by atoms with Gasteiger partial charge in [0.1, 0.15) is 17.8 Å². The van der Waals surface area contributed by atoms with E-state index in [0.717, 1.165) is 4.90 Å². The molecule has 1 fully saturated rings. The minimum absolute atomic E-state index is 0.107. The first-order valence-corrected chi connectivity index (χ1v) is 8.75. The van der Waals surface area contributed by atoms with Crippen molar-refractivity contribution in [3.8, 4) is 11.5 Å². The number of carbonyl (C=O) groups is 3. The number of nitrogens with one attached hydrogen (secondary N) is 2. The SMILES string of the molecule is C[C@H](NC(=O)CN1C(=O)N[C@@](C)(c2ccc3c(c2)OCO3)C1=O)c1ccco1. The Kier molecular flexibility index (Phi) is 4.21. The number of imide groups is 1. The van der Waals surface area contributed by atoms with Gasteiger partial charge in [-0.15, -0.1) is 0 Å². The summed E-state index contributed by atoms with van der Waals surface area (Å²) in [4.78, 5) is 38.6. The number of ether oxygens (including phenoxy) is 2. The van der Waals surface area contributed by atoms with Gasteiger partial charge in [0.2, 0.25) is 12.7 Å². The number of benzene rings is 1. The summed E-state index contributed by atoms with van der Waals surface area (Å²) in [6, 6.07) is 7.45. The Morgan fingerprint density at radius 1 is 1.29 bits per heavy atom. The molecule has 4 amide bonds. The zero-order valence-corrected chi connectivity index (χ0v) is 15.4. The summed E-state index contributed by atoms with van der Waals surface area (Å²) in [5.41, 5.74) is -0.757. The Morgan fingerprint density at radius 3 is 2.82 bits per heavy atom. The second kappa shape index (κ2) is 6.59. The van der Waals surface area contributed by atoms with E-state index in [4.69, 9.17) is 13.9 Å². The van der Waals surface area contributed by atoms with Gasteiger partial charge in [-0.2, -0.15) is 0 Å². The van der Waals surface area contributed by atoms with Crippen LogP contribution in [0, 0.1) is 0 Å². The van der Waals surface area contributed by atoms with Gasteiger partial charge in [0.15, 0.2) is 11.5 Å². The highest BCUT2D eigenvalue weighted by atomic mass is 16.7. The van der Waals surface area contributed by atoms with E-state index < -0.39 is 29.9 Å². The third-order valence-corrected chi connectivity index (χ3v) is 4.87. The predicted molar refractivity (Wildman–Crippen MR) is 95.4 cm³/mol. The summed E-state index contributed by atoms with van der Waals surface area (Å²) in [5, 5.41) is 5.37. The maximum absolute atomic E-state index is 13.0. The van der Waals surface area contributed by atoms with Crippen molar-refractivity contribution < 1.29 is 28.3 Å². The molecule has 3 heterocycles. The van der Waals surface area contributed by atoms with Crippen LogP contribution >= 0.6 is 0 Å². The minimum Gasteiger partial charge on any atom is -0.467 e. The molecule has 2 aliphatic rings. The molecule has 2 aliphatic heterocycles. The topological polar surface area (TPSA) is 110 Å². The molecular weight excluding hydrogens is 366 g/mol. The third kappa shape index (κ3) is 2.94. The van der Waals surface area contributed by atoms with Gasteiger partial charge in [-0.3, -0.25) is 14.5 Å². The molecule has 2 atom stereocenters. The molecule has 2 aromatic rings. The van der Waals surface area contributed by atoms with Crippen LogP contribution in [0.25, 0.3) is 0 Å². The molecule has 0 aliphatic carbocycles. The Hall–Kier alpha value is -3.49. The Morgan fingerprint density at radius 2 is 2.07 bits per heavy atom. The first-order valence-electron chi connectivity index (χ1n) is 8.75. The van der Waals surface area contributed by atoms with Crippen molar-refractivity contribution in [2.24, 2.45) is 0 Å². The van der Waals surface area contributed by atoms with Gasteiger partial charge < -0.3 is 24.5 Å². The first-order chi connectivity index (χ1) is 13.4. The van der Waals surface area contributed by atoms with E-state index in [0.29, 0.717) is 22.8 Å². The lowest BCUT2D eigenvalue weighted by atomic mass is 9.91. The van der Waals surface area contributed by atoms with Crippen LogP contribution < -0.4 is 20.1 Å². The molecule has 4 rings (SSSR count). The Balaban J connectivity index is 1.48. The second-order valence-electron chi connectivity index (χ2n) is 6.82. The van der Waals surface area contributed by atoms with Crippen molar-refractivity contribution in [1.29, 1.82) is 0 Å². The highest BCUT2D eigenvalue weighted by Crippen LogP contribution is 2.37. The van der Waals surface area contributed by atoms with E-state index in [1.54, 1.807) is 44.2 Å². The van der Waals surface area contributed by atoms with Crippen LogP contribution in [0.3, 0.4) is 0 Å². The standard InChI is InChI=1S/C19H19N3O6/c1-11(13-4-3-7-26-13)20-16(23)9-22-17(24)19(2,21-18(22)25)12-5-6-14-15(8-12)28-10-27-14/h3-8,11H,9-10H2,1-2H3,(H,20,23)(H,21,25)/t11-,19-/m0/s1. The maximum Gasteiger partial charge on any atom is 0.325 e. The van der Waals surface area contributed by atoms with Crippen molar-refractivity contribution in [2.75, 3.05) is 13.3 Å². The number of urea groups is 1. The van der Waals surface area contributed by atoms with Crippen LogP contribution in [0.5, 0.6) is 11.5 Å². The molecule has 9 heteroatoms. The van der Waals surface area contributed by atoms with Gasteiger partial charge in [-0.1, -0.05) is 6.07 Å². The van der Waals surface area contributed by atoms with Gasteiger partial charge in [0.25, 0.3) is 5.91 Å². The van der Waals surface area contributed by atoms with Crippen molar-refractivity contribution in [2.45, 2.75) is 25.4 Å². The normalized spacial score (nSPS) is 21.6. The van der Waals surface area contributed by atoms with Crippen LogP contribution in [-0.2, 0) is 15.1 Å². The molecule has 1 aromatic heterocycles. The number of hydrogen-bond acceptors (Lipinski definition) is 6. The Labute approximate surface area is 160 Å². The smallest absolute Gasteiger partial charge is 0.325 e. The Bertz CT molecular complexity index is 941. The average molecular weight is 385 g/mol. The van der Waals surface area contributed by atoms with Crippen molar-refractivity contribution in [1.82, 2.24) is 15.5 Å². The second-order valence-corrected chi connectivity index (χ2v) is 6.82. The summed E-state index contributed by atoms with van der Waals surface area (Å²) >= 11 is 0. The lowest BCUT2D eigenvalue weighted by Gasteiger charge is -2.22. The number of amides is 4. The highest BCUT2D eigenvalue weighted by Gasteiger charge is 2.50. The molecular formula is C19H19N3O6. The zero-order chi connectivity index (χ0) is 19.9. The quantitative estimate of drug-likeness (QED) is 0.758. The minimum atomic E-state index is -1.30. The predicted octanol–water partition coefficient (Wildman–Crippen LogP) is 1.65. The molecule has 1 aromatic carbocycles. The molecule has 28 heavy (non-hydrogen) atoms. The zero-order valence-electron chi connectivity index (χ0n) is 15.4. The van der Waals surface area contributed by atoms with Crippen LogP contribution in [0.2, 0.25) is 0 Å². The number of carbonyl (C=O) groups excluding carboxylic acids is 3. The summed E-state index contributed by atoms with van der Waals surface area (Å²) in [7, 11) is 0. The largest absolute Gasteiger partial charge is 0.467 e. The molecule has 0 spiro atoms. The van der Waals surface area contributed by atoms with Gasteiger partial charge in [0, 0.05) is 0 Å². The number of rotatable bonds is 5. The van der Waals surface area contributed by atoms with E-state index in [2.05, 4.69) is 10.6 Å². The molecule has 9 nitrogen and oxygen atoms in total. The van der Waals surface area contributed by atoms with Crippen molar-refractivity contribution in [3.63, 3.8) is 0 Å². The molecule has 0 saturated carbocycles. The molecule has 0 radical (unpaired) electrons. The fourth-order valence-electron chi connectivity index (χ4n) is 3.28. The monoisotopic (exact) mass is 385 g/mol. The maximum atomic E-state index is 13.0. The first kappa shape index (κ1) is 17.9. The van der Waals surface area contributed by atoms with Gasteiger partial charge >= 0.3 is 6.03 Å². The van der Waals surface area contributed by atoms with Crippen molar-refractivity contribution in [3.05, 3.63) is 47.9 Å².